The first-order valence-corrected chi connectivity index (χ1v) is 8.69. The Morgan fingerprint density at radius 3 is 2.72 bits per heavy atom. The summed E-state index contributed by atoms with van der Waals surface area (Å²) in [6.07, 6.45) is 0.869. The number of nitrogens with two attached hydrogens (primary N) is 1. The Morgan fingerprint density at radius 1 is 1.52 bits per heavy atom. The second-order valence-electron chi connectivity index (χ2n) is 7.42. The van der Waals surface area contributed by atoms with E-state index in [0.29, 0.717) is 10.6 Å². The van der Waals surface area contributed by atoms with Crippen LogP contribution < -0.4 is 5.73 Å². The van der Waals surface area contributed by atoms with Crippen LogP contribution >= 0.6 is 24.0 Å². The van der Waals surface area contributed by atoms with Crippen molar-refractivity contribution in [1.29, 1.82) is 0 Å². The van der Waals surface area contributed by atoms with Crippen molar-refractivity contribution in [3.63, 3.8) is 0 Å². The van der Waals surface area contributed by atoms with Crippen LogP contribution in [-0.2, 0) is 11.3 Å². The van der Waals surface area contributed by atoms with Crippen LogP contribution in [0.15, 0.2) is 18.2 Å². The first kappa shape index (κ1) is 22.2. The molecule has 1 amide bonds. The molecule has 0 saturated carbocycles. The van der Waals surface area contributed by atoms with E-state index in [1.165, 1.54) is 11.0 Å². The number of piperidine rings is 1. The summed E-state index contributed by atoms with van der Waals surface area (Å²) in [4.78, 5) is 16.4. The molecule has 1 saturated heterocycles. The van der Waals surface area contributed by atoms with Gasteiger partial charge >= 0.3 is 0 Å². The average molecular weight is 392 g/mol. The van der Waals surface area contributed by atoms with Crippen molar-refractivity contribution < 1.29 is 9.18 Å². The number of benzene rings is 1. The number of likely N-dealkylation sites (tertiary alicyclic amines) is 1. The van der Waals surface area contributed by atoms with Crippen LogP contribution in [0.4, 0.5) is 4.39 Å². The second-order valence-corrected chi connectivity index (χ2v) is 7.83. The van der Waals surface area contributed by atoms with Crippen molar-refractivity contribution in [2.45, 2.75) is 45.8 Å². The number of carbonyl (C=O) groups excluding carboxylic acids is 1. The monoisotopic (exact) mass is 391 g/mol. The van der Waals surface area contributed by atoms with Crippen molar-refractivity contribution in [3.8, 4) is 0 Å². The molecule has 0 spiro atoms. The summed E-state index contributed by atoms with van der Waals surface area (Å²) in [5.41, 5.74) is 6.49. The number of rotatable bonds is 4. The Hall–Kier alpha value is -0.880. The number of amides is 1. The molecule has 25 heavy (non-hydrogen) atoms. The van der Waals surface area contributed by atoms with Gasteiger partial charge in [-0.15, -0.1) is 12.4 Å². The van der Waals surface area contributed by atoms with E-state index in [1.807, 2.05) is 6.92 Å². The lowest BCUT2D eigenvalue weighted by Crippen LogP contribution is -2.57. The van der Waals surface area contributed by atoms with E-state index >= 15 is 0 Å². The summed E-state index contributed by atoms with van der Waals surface area (Å²) < 4.78 is 13.9. The minimum Gasteiger partial charge on any atom is -0.340 e. The molecule has 1 fully saturated rings. The summed E-state index contributed by atoms with van der Waals surface area (Å²) in [5.74, 6) is -0.430. The fourth-order valence-corrected chi connectivity index (χ4v) is 3.44. The Bertz CT molecular complexity index is 592. The third-order valence-corrected chi connectivity index (χ3v) is 5.43. The number of nitrogens with zero attached hydrogens (tertiary/aromatic N) is 2. The maximum atomic E-state index is 13.9. The topological polar surface area (TPSA) is 49.6 Å². The van der Waals surface area contributed by atoms with Gasteiger partial charge in [-0.25, -0.2) is 4.39 Å². The molecule has 2 unspecified atom stereocenters. The Kier molecular flexibility index (Phi) is 7.69. The quantitative estimate of drug-likeness (QED) is 0.856. The first-order valence-electron chi connectivity index (χ1n) is 8.31. The van der Waals surface area contributed by atoms with Crippen LogP contribution in [0.5, 0.6) is 0 Å². The molecule has 0 aromatic heterocycles. The molecular formula is C18H28Cl2FN3O. The van der Waals surface area contributed by atoms with Gasteiger partial charge in [-0.1, -0.05) is 31.5 Å². The van der Waals surface area contributed by atoms with Crippen molar-refractivity contribution >= 4 is 29.9 Å². The van der Waals surface area contributed by atoms with Crippen LogP contribution in [0.25, 0.3) is 0 Å². The molecule has 7 heteroatoms. The zero-order valence-corrected chi connectivity index (χ0v) is 16.8. The lowest BCUT2D eigenvalue weighted by Gasteiger charge is -2.45. The summed E-state index contributed by atoms with van der Waals surface area (Å²) >= 11 is 6.06. The fraction of sp³-hybridized carbons (Fsp3) is 0.611. The van der Waals surface area contributed by atoms with Crippen LogP contribution in [0.3, 0.4) is 0 Å². The zero-order chi connectivity index (χ0) is 18.1. The van der Waals surface area contributed by atoms with Crippen molar-refractivity contribution in [2.75, 3.05) is 20.1 Å². The maximum Gasteiger partial charge on any atom is 0.239 e. The van der Waals surface area contributed by atoms with Gasteiger partial charge in [0, 0.05) is 43.3 Å². The van der Waals surface area contributed by atoms with Crippen LogP contribution in [0, 0.1) is 11.2 Å². The van der Waals surface area contributed by atoms with Gasteiger partial charge in [0.15, 0.2) is 0 Å². The zero-order valence-electron chi connectivity index (χ0n) is 15.3. The lowest BCUT2D eigenvalue weighted by molar-refractivity contribution is -0.137. The third-order valence-electron chi connectivity index (χ3n) is 5.08. The van der Waals surface area contributed by atoms with Gasteiger partial charge in [0.25, 0.3) is 0 Å². The van der Waals surface area contributed by atoms with Gasteiger partial charge in [0.2, 0.25) is 5.91 Å². The number of halogens is 3. The fourth-order valence-electron chi connectivity index (χ4n) is 3.22. The number of hydrogen-bond donors (Lipinski definition) is 1. The van der Waals surface area contributed by atoms with Gasteiger partial charge in [0.05, 0.1) is 6.04 Å². The van der Waals surface area contributed by atoms with E-state index in [0.717, 1.165) is 19.5 Å². The molecule has 4 nitrogen and oxygen atoms in total. The summed E-state index contributed by atoms with van der Waals surface area (Å²) in [5, 5.41) is 0.340. The highest BCUT2D eigenvalue weighted by molar-refractivity contribution is 6.31. The predicted molar refractivity (Wildman–Crippen MR) is 103 cm³/mol. The largest absolute Gasteiger partial charge is 0.340 e. The van der Waals surface area contributed by atoms with Crippen molar-refractivity contribution in [2.24, 2.45) is 11.1 Å². The molecule has 1 heterocycles. The summed E-state index contributed by atoms with van der Waals surface area (Å²) in [7, 11) is 1.68. The number of hydrogen-bond acceptors (Lipinski definition) is 3. The molecule has 1 aliphatic heterocycles. The standard InChI is InChI=1S/C18H27ClFN3O.ClH/c1-12(23-9-8-16(21)18(2,3)11-23)17(24)22(4)10-13-14(19)6-5-7-15(13)20;/h5-7,12,16H,8-11,21H2,1-4H3;1H. The molecule has 1 aromatic carbocycles. The SMILES string of the molecule is CC(C(=O)N(C)Cc1c(F)cccc1Cl)N1CCC(N)C(C)(C)C1.Cl. The Morgan fingerprint density at radius 2 is 2.16 bits per heavy atom. The molecule has 2 N–H and O–H groups in total. The van der Waals surface area contributed by atoms with Crippen LogP contribution in [-0.4, -0.2) is 47.9 Å². The maximum absolute atomic E-state index is 13.9. The highest BCUT2D eigenvalue weighted by atomic mass is 35.5. The van der Waals surface area contributed by atoms with E-state index in [9.17, 15) is 9.18 Å². The van der Waals surface area contributed by atoms with Gasteiger partial charge in [0.1, 0.15) is 5.82 Å². The minimum absolute atomic E-state index is 0. The first-order chi connectivity index (χ1) is 11.1. The lowest BCUT2D eigenvalue weighted by atomic mass is 9.79. The summed E-state index contributed by atoms with van der Waals surface area (Å²) in [6, 6.07) is 4.43. The molecular weight excluding hydrogens is 364 g/mol. The van der Waals surface area contributed by atoms with Crippen LogP contribution in [0.1, 0.15) is 32.8 Å². The van der Waals surface area contributed by atoms with E-state index in [1.54, 1.807) is 19.2 Å². The third kappa shape index (κ3) is 5.07. The van der Waals surface area contributed by atoms with Crippen LogP contribution in [0.2, 0.25) is 5.02 Å². The predicted octanol–water partition coefficient (Wildman–Crippen LogP) is 3.31. The van der Waals surface area contributed by atoms with Gasteiger partial charge in [-0.05, 0) is 30.9 Å². The number of carbonyl (C=O) groups is 1. The van der Waals surface area contributed by atoms with Gasteiger partial charge in [-0.3, -0.25) is 9.69 Å². The van der Waals surface area contributed by atoms with Gasteiger partial charge < -0.3 is 10.6 Å². The average Bonchev–Trinajstić information content (AvgIpc) is 2.52. The van der Waals surface area contributed by atoms with E-state index in [-0.39, 0.29) is 48.2 Å². The molecule has 142 valence electrons. The van der Waals surface area contributed by atoms with E-state index in [2.05, 4.69) is 18.7 Å². The Balaban J connectivity index is 0.00000312. The minimum atomic E-state index is -0.389. The second kappa shape index (κ2) is 8.67. The van der Waals surface area contributed by atoms with Crippen molar-refractivity contribution in [1.82, 2.24) is 9.80 Å². The number of likely N-dealkylation sites (N-methyl/N-ethyl adjacent to an activating group) is 1. The summed E-state index contributed by atoms with van der Waals surface area (Å²) in [6.45, 7) is 7.88. The van der Waals surface area contributed by atoms with E-state index in [4.69, 9.17) is 17.3 Å². The molecule has 2 rings (SSSR count). The smallest absolute Gasteiger partial charge is 0.239 e. The highest BCUT2D eigenvalue weighted by Gasteiger charge is 2.37. The van der Waals surface area contributed by atoms with E-state index < -0.39 is 0 Å². The normalized spacial score (nSPS) is 21.3. The molecule has 1 aliphatic rings. The molecule has 2 atom stereocenters. The highest BCUT2D eigenvalue weighted by Crippen LogP contribution is 2.29. The molecule has 0 radical (unpaired) electrons. The van der Waals surface area contributed by atoms with Crippen molar-refractivity contribution in [3.05, 3.63) is 34.6 Å². The molecule has 1 aromatic rings. The molecule has 0 aliphatic carbocycles. The molecule has 0 bridgehead atoms. The Labute approximate surface area is 160 Å². The van der Waals surface area contributed by atoms with Gasteiger partial charge in [-0.2, -0.15) is 0 Å².